The first-order chi connectivity index (χ1) is 13.7. The number of hydrogen-bond donors (Lipinski definition) is 1. The molecule has 1 unspecified atom stereocenters. The summed E-state index contributed by atoms with van der Waals surface area (Å²) in [5, 5.41) is 3.91. The Morgan fingerprint density at radius 3 is 2.57 bits per heavy atom. The van der Waals surface area contributed by atoms with Crippen molar-refractivity contribution in [3.05, 3.63) is 18.2 Å². The molecule has 2 aliphatic rings. The predicted molar refractivity (Wildman–Crippen MR) is 102 cm³/mol. The van der Waals surface area contributed by atoms with E-state index < -0.39 is 0 Å². The molecular formula is C18H27N7O3. The highest BCUT2D eigenvalue weighted by molar-refractivity contribution is 5.33. The van der Waals surface area contributed by atoms with Gasteiger partial charge >= 0.3 is 6.01 Å². The van der Waals surface area contributed by atoms with Gasteiger partial charge in [0.05, 0.1) is 19.0 Å². The van der Waals surface area contributed by atoms with Gasteiger partial charge in [0.1, 0.15) is 6.61 Å². The van der Waals surface area contributed by atoms with Gasteiger partial charge in [0.2, 0.25) is 5.95 Å². The molecule has 0 bridgehead atoms. The lowest BCUT2D eigenvalue weighted by Gasteiger charge is -2.30. The average Bonchev–Trinajstić information content (AvgIpc) is 3.37. The van der Waals surface area contributed by atoms with Crippen molar-refractivity contribution in [1.82, 2.24) is 20.1 Å². The first kappa shape index (κ1) is 18.9. The van der Waals surface area contributed by atoms with Crippen molar-refractivity contribution >= 4 is 12.0 Å². The van der Waals surface area contributed by atoms with Crippen molar-refractivity contribution in [2.75, 3.05) is 49.7 Å². The Hall–Kier alpha value is -2.46. The van der Waals surface area contributed by atoms with Crippen molar-refractivity contribution in [3.8, 4) is 5.75 Å². The van der Waals surface area contributed by atoms with Gasteiger partial charge in [-0.15, -0.1) is 0 Å². The summed E-state index contributed by atoms with van der Waals surface area (Å²) in [6.45, 7) is 4.47. The van der Waals surface area contributed by atoms with E-state index in [1.165, 1.54) is 0 Å². The molecule has 0 saturated carbocycles. The van der Waals surface area contributed by atoms with Crippen molar-refractivity contribution in [3.63, 3.8) is 0 Å². The van der Waals surface area contributed by atoms with E-state index in [2.05, 4.69) is 29.9 Å². The molecule has 0 radical (unpaired) electrons. The van der Waals surface area contributed by atoms with Crippen molar-refractivity contribution in [1.29, 1.82) is 0 Å². The van der Waals surface area contributed by atoms with Crippen molar-refractivity contribution < 1.29 is 14.0 Å². The molecular weight excluding hydrogens is 362 g/mol. The summed E-state index contributed by atoms with van der Waals surface area (Å²) in [7, 11) is 1.61. The van der Waals surface area contributed by atoms with Crippen LogP contribution in [0.1, 0.15) is 25.1 Å². The maximum atomic E-state index is 5.94. The molecule has 4 heterocycles. The zero-order chi connectivity index (χ0) is 19.3. The van der Waals surface area contributed by atoms with Gasteiger partial charge in [-0.1, -0.05) is 5.16 Å². The number of anilines is 2. The monoisotopic (exact) mass is 389 g/mol. The molecule has 2 aliphatic heterocycles. The Balaban J connectivity index is 1.22. The zero-order valence-corrected chi connectivity index (χ0v) is 16.2. The third-order valence-corrected chi connectivity index (χ3v) is 5.22. The van der Waals surface area contributed by atoms with Gasteiger partial charge in [-0.05, 0) is 25.2 Å². The van der Waals surface area contributed by atoms with Crippen LogP contribution < -0.4 is 20.3 Å². The van der Waals surface area contributed by atoms with Crippen LogP contribution in [0, 0.1) is 5.92 Å². The first-order valence-corrected chi connectivity index (χ1v) is 9.73. The molecule has 4 rings (SSSR count). The molecule has 28 heavy (non-hydrogen) atoms. The zero-order valence-electron chi connectivity index (χ0n) is 16.2. The maximum Gasteiger partial charge on any atom is 0.324 e. The Bertz CT molecular complexity index is 746. The summed E-state index contributed by atoms with van der Waals surface area (Å²) >= 11 is 0. The molecule has 2 fully saturated rings. The standard InChI is InChI=1S/C18H27N7O3/c1-26-12-16-22-18(28-23-16)24-5-2-13(3-6-24)11-27-15-8-20-17(21-9-15)25-7-4-14(19)10-25/h8-9,13-14H,2-7,10-12,19H2,1H3. The second-order valence-corrected chi connectivity index (χ2v) is 7.38. The maximum absolute atomic E-state index is 5.94. The van der Waals surface area contributed by atoms with Gasteiger partial charge < -0.3 is 29.5 Å². The number of nitrogens with two attached hydrogens (primary N) is 1. The Kier molecular flexibility index (Phi) is 5.87. The molecule has 2 saturated heterocycles. The lowest BCUT2D eigenvalue weighted by atomic mass is 9.98. The number of piperidine rings is 1. The van der Waals surface area contributed by atoms with Crippen LogP contribution in [0.15, 0.2) is 16.9 Å². The fourth-order valence-electron chi connectivity index (χ4n) is 3.58. The molecule has 152 valence electrons. The molecule has 2 aromatic rings. The average molecular weight is 389 g/mol. The van der Waals surface area contributed by atoms with Crippen LogP contribution in [-0.4, -0.2) is 66.0 Å². The first-order valence-electron chi connectivity index (χ1n) is 9.73. The summed E-state index contributed by atoms with van der Waals surface area (Å²) in [5.41, 5.74) is 5.94. The predicted octanol–water partition coefficient (Wildman–Crippen LogP) is 0.839. The van der Waals surface area contributed by atoms with Crippen molar-refractivity contribution in [2.45, 2.75) is 31.9 Å². The highest BCUT2D eigenvalue weighted by Crippen LogP contribution is 2.23. The van der Waals surface area contributed by atoms with E-state index in [-0.39, 0.29) is 6.04 Å². The Morgan fingerprint density at radius 1 is 1.14 bits per heavy atom. The highest BCUT2D eigenvalue weighted by atomic mass is 16.5. The minimum absolute atomic E-state index is 0.212. The quantitative estimate of drug-likeness (QED) is 0.730. The Morgan fingerprint density at radius 2 is 1.89 bits per heavy atom. The molecule has 2 N–H and O–H groups in total. The van der Waals surface area contributed by atoms with E-state index >= 15 is 0 Å². The van der Waals surface area contributed by atoms with Gasteiger partial charge in [0, 0.05) is 39.3 Å². The number of hydrogen-bond acceptors (Lipinski definition) is 10. The van der Waals surface area contributed by atoms with Crippen LogP contribution in [0.5, 0.6) is 5.75 Å². The van der Waals surface area contributed by atoms with E-state index in [4.69, 9.17) is 19.7 Å². The summed E-state index contributed by atoms with van der Waals surface area (Å²) in [4.78, 5) is 17.4. The van der Waals surface area contributed by atoms with Gasteiger partial charge in [0.15, 0.2) is 11.6 Å². The summed E-state index contributed by atoms with van der Waals surface area (Å²) in [6, 6.07) is 0.779. The van der Waals surface area contributed by atoms with Crippen LogP contribution in [0.2, 0.25) is 0 Å². The minimum Gasteiger partial charge on any atom is -0.490 e. The molecule has 0 amide bonds. The molecule has 2 aromatic heterocycles. The lowest BCUT2D eigenvalue weighted by molar-refractivity contribution is 0.174. The number of rotatable bonds is 7. The second kappa shape index (κ2) is 8.70. The fraction of sp³-hybridized carbons (Fsp3) is 0.667. The summed E-state index contributed by atoms with van der Waals surface area (Å²) in [6.07, 6.45) is 6.49. The van der Waals surface area contributed by atoms with Gasteiger partial charge in [-0.3, -0.25) is 0 Å². The van der Waals surface area contributed by atoms with E-state index in [0.717, 1.165) is 51.4 Å². The van der Waals surface area contributed by atoms with Crippen molar-refractivity contribution in [2.24, 2.45) is 11.7 Å². The molecule has 1 atom stereocenters. The molecule has 10 heteroatoms. The number of aromatic nitrogens is 4. The van der Waals surface area contributed by atoms with Crippen LogP contribution in [-0.2, 0) is 11.3 Å². The highest BCUT2D eigenvalue weighted by Gasteiger charge is 2.24. The third kappa shape index (κ3) is 4.50. The van der Waals surface area contributed by atoms with E-state index in [1.54, 1.807) is 19.5 Å². The van der Waals surface area contributed by atoms with Crippen LogP contribution in [0.3, 0.4) is 0 Å². The van der Waals surface area contributed by atoms with Gasteiger partial charge in [-0.2, -0.15) is 4.98 Å². The van der Waals surface area contributed by atoms with Crippen LogP contribution in [0.4, 0.5) is 12.0 Å². The molecule has 0 aliphatic carbocycles. The van der Waals surface area contributed by atoms with E-state index in [1.807, 2.05) is 0 Å². The van der Waals surface area contributed by atoms with E-state index in [9.17, 15) is 0 Å². The minimum atomic E-state index is 0.212. The fourth-order valence-corrected chi connectivity index (χ4v) is 3.58. The van der Waals surface area contributed by atoms with Crippen LogP contribution in [0.25, 0.3) is 0 Å². The SMILES string of the molecule is COCc1noc(N2CCC(COc3cnc(N4CCC(N)C4)nc3)CC2)n1. The molecule has 0 aromatic carbocycles. The molecule has 0 spiro atoms. The number of ether oxygens (including phenoxy) is 2. The molecule has 10 nitrogen and oxygen atoms in total. The Labute approximate surface area is 164 Å². The van der Waals surface area contributed by atoms with Gasteiger partial charge in [0.25, 0.3) is 0 Å². The second-order valence-electron chi connectivity index (χ2n) is 7.38. The van der Waals surface area contributed by atoms with Gasteiger partial charge in [-0.25, -0.2) is 9.97 Å². The summed E-state index contributed by atoms with van der Waals surface area (Å²) in [5.74, 6) is 2.48. The number of methoxy groups -OCH3 is 1. The smallest absolute Gasteiger partial charge is 0.324 e. The lowest BCUT2D eigenvalue weighted by Crippen LogP contribution is -2.35. The largest absolute Gasteiger partial charge is 0.490 e. The topological polar surface area (TPSA) is 116 Å². The van der Waals surface area contributed by atoms with E-state index in [0.29, 0.717) is 36.7 Å². The normalized spacial score (nSPS) is 20.7. The third-order valence-electron chi connectivity index (χ3n) is 5.22. The number of nitrogens with zero attached hydrogens (tertiary/aromatic N) is 6. The van der Waals surface area contributed by atoms with Crippen LogP contribution >= 0.6 is 0 Å². The summed E-state index contributed by atoms with van der Waals surface area (Å²) < 4.78 is 16.2.